The summed E-state index contributed by atoms with van der Waals surface area (Å²) in [6, 6.07) is 15.9. The van der Waals surface area contributed by atoms with E-state index in [1.54, 1.807) is 29.9 Å². The molecule has 8 heteroatoms. The van der Waals surface area contributed by atoms with Crippen LogP contribution in [0.4, 0.5) is 0 Å². The van der Waals surface area contributed by atoms with Gasteiger partial charge in [-0.25, -0.2) is 4.68 Å². The zero-order valence-electron chi connectivity index (χ0n) is 13.4. The van der Waals surface area contributed by atoms with Crippen LogP contribution in [0.5, 0.6) is 5.75 Å². The molecule has 0 saturated carbocycles. The lowest BCUT2D eigenvalue weighted by atomic mass is 10.2. The van der Waals surface area contributed by atoms with Crippen molar-refractivity contribution in [3.05, 3.63) is 81.4 Å². The first kappa shape index (κ1) is 16.1. The third-order valence-corrected chi connectivity index (χ3v) is 6.76. The van der Waals surface area contributed by atoms with Gasteiger partial charge in [-0.2, -0.15) is 0 Å². The largest absolute Gasteiger partial charge is 0.489 e. The van der Waals surface area contributed by atoms with E-state index < -0.39 is 0 Å². The predicted octanol–water partition coefficient (Wildman–Crippen LogP) is 4.80. The van der Waals surface area contributed by atoms with E-state index in [0.717, 1.165) is 21.5 Å². The maximum absolute atomic E-state index is 6.18. The highest BCUT2D eigenvalue weighted by molar-refractivity contribution is 8.07. The van der Waals surface area contributed by atoms with Gasteiger partial charge >= 0.3 is 0 Å². The molecule has 3 aromatic rings. The molecule has 5 nitrogen and oxygen atoms in total. The van der Waals surface area contributed by atoms with Gasteiger partial charge in [-0.05, 0) is 35.5 Å². The zero-order chi connectivity index (χ0) is 17.5. The van der Waals surface area contributed by atoms with E-state index in [2.05, 4.69) is 32.7 Å². The van der Waals surface area contributed by atoms with E-state index >= 15 is 0 Å². The average molecular weight is 401 g/mol. The average Bonchev–Trinajstić information content (AvgIpc) is 3.34. The Labute approximate surface area is 164 Å². The number of benzene rings is 2. The fourth-order valence-electron chi connectivity index (χ4n) is 2.89. The van der Waals surface area contributed by atoms with Crippen molar-refractivity contribution in [1.82, 2.24) is 14.9 Å². The zero-order valence-corrected chi connectivity index (χ0v) is 15.8. The second kappa shape index (κ2) is 6.57. The highest BCUT2D eigenvalue weighted by Crippen LogP contribution is 2.50. The van der Waals surface area contributed by atoms with Crippen LogP contribution in [0.2, 0.25) is 5.02 Å². The van der Waals surface area contributed by atoms with Crippen LogP contribution in [0.1, 0.15) is 16.5 Å². The Bertz CT molecular complexity index is 989. The minimum Gasteiger partial charge on any atom is -0.489 e. The van der Waals surface area contributed by atoms with Gasteiger partial charge in [-0.3, -0.25) is 5.01 Å². The maximum Gasteiger partial charge on any atom is 0.216 e. The first-order chi connectivity index (χ1) is 12.8. The summed E-state index contributed by atoms with van der Waals surface area (Å²) in [5, 5.41) is 15.5. The second-order valence-corrected chi connectivity index (χ2v) is 8.15. The Kier molecular flexibility index (Phi) is 4.07. The highest BCUT2D eigenvalue weighted by atomic mass is 35.5. The van der Waals surface area contributed by atoms with Crippen LogP contribution in [0, 0.1) is 0 Å². The van der Waals surface area contributed by atoms with Gasteiger partial charge in [0.05, 0.1) is 0 Å². The molecular formula is C18H13ClN4OS2. The molecule has 3 heterocycles. The summed E-state index contributed by atoms with van der Waals surface area (Å²) < 4.78 is 7.88. The van der Waals surface area contributed by atoms with Gasteiger partial charge in [-0.1, -0.05) is 53.7 Å². The van der Waals surface area contributed by atoms with Gasteiger partial charge in [-0.15, -0.1) is 10.2 Å². The van der Waals surface area contributed by atoms with Gasteiger partial charge in [0.2, 0.25) is 5.16 Å². The predicted molar refractivity (Wildman–Crippen MR) is 105 cm³/mol. The molecule has 0 radical (unpaired) electrons. The molecule has 1 aromatic heterocycles. The summed E-state index contributed by atoms with van der Waals surface area (Å²) in [6.07, 6.45) is 1.75. The number of fused-ring (bicyclic) bond motifs is 3. The number of thioether (sulfide) groups is 2. The number of hydrogen-bond donors (Lipinski definition) is 0. The fourth-order valence-corrected chi connectivity index (χ4v) is 5.30. The van der Waals surface area contributed by atoms with Crippen LogP contribution in [0.3, 0.4) is 0 Å². The highest BCUT2D eigenvalue weighted by Gasteiger charge is 2.37. The summed E-state index contributed by atoms with van der Waals surface area (Å²) in [7, 11) is 0. The van der Waals surface area contributed by atoms with Crippen LogP contribution in [0.15, 0.2) is 70.5 Å². The molecule has 2 aliphatic rings. The van der Waals surface area contributed by atoms with E-state index in [1.807, 2.05) is 41.1 Å². The second-order valence-electron chi connectivity index (χ2n) is 5.80. The van der Waals surface area contributed by atoms with Crippen LogP contribution < -0.4 is 9.75 Å². The smallest absolute Gasteiger partial charge is 0.216 e. The molecule has 2 aliphatic heterocycles. The molecular weight excluding hydrogens is 388 g/mol. The molecule has 0 fully saturated rings. The van der Waals surface area contributed by atoms with Crippen molar-refractivity contribution in [3.8, 4) is 5.75 Å². The monoisotopic (exact) mass is 400 g/mol. The van der Waals surface area contributed by atoms with Crippen molar-refractivity contribution in [2.24, 2.45) is 0 Å². The SMILES string of the molecule is Clc1ccccc1COc1ccc(C2SC=C3Sc4nncn4N32)cc1. The molecule has 0 amide bonds. The van der Waals surface area contributed by atoms with E-state index in [0.29, 0.717) is 6.61 Å². The van der Waals surface area contributed by atoms with Gasteiger partial charge < -0.3 is 4.74 Å². The molecule has 130 valence electrons. The summed E-state index contributed by atoms with van der Waals surface area (Å²) in [4.78, 5) is 0. The van der Waals surface area contributed by atoms with Crippen LogP contribution in [-0.2, 0) is 6.61 Å². The first-order valence-corrected chi connectivity index (χ1v) is 10.1. The molecule has 0 saturated heterocycles. The number of halogens is 1. The molecule has 2 aromatic carbocycles. The van der Waals surface area contributed by atoms with Crippen molar-refractivity contribution in [2.75, 3.05) is 5.01 Å². The Morgan fingerprint density at radius 3 is 2.81 bits per heavy atom. The van der Waals surface area contributed by atoms with Gasteiger partial charge in [0, 0.05) is 16.0 Å². The van der Waals surface area contributed by atoms with E-state index in [9.17, 15) is 0 Å². The number of ether oxygens (including phenoxy) is 1. The number of aromatic nitrogens is 3. The standard InChI is InChI=1S/C18H13ClN4OS2/c19-15-4-2-1-3-13(15)9-24-14-7-5-12(6-8-14)17-23-16(10-25-17)26-18-21-20-11-22(18)23/h1-8,10-11,17H,9H2. The Morgan fingerprint density at radius 2 is 1.96 bits per heavy atom. The lowest BCUT2D eigenvalue weighted by molar-refractivity contribution is 0.306. The third kappa shape index (κ3) is 2.76. The number of nitrogens with zero attached hydrogens (tertiary/aromatic N) is 4. The molecule has 0 bridgehead atoms. The minimum atomic E-state index is 0.173. The fraction of sp³-hybridized carbons (Fsp3) is 0.111. The topological polar surface area (TPSA) is 43.2 Å². The molecule has 1 atom stereocenters. The number of hydrogen-bond acceptors (Lipinski definition) is 6. The lowest BCUT2D eigenvalue weighted by Gasteiger charge is -2.24. The number of rotatable bonds is 4. The van der Waals surface area contributed by atoms with Crippen molar-refractivity contribution in [2.45, 2.75) is 17.1 Å². The summed E-state index contributed by atoms with van der Waals surface area (Å²) in [5.41, 5.74) is 2.18. The molecule has 26 heavy (non-hydrogen) atoms. The summed E-state index contributed by atoms with van der Waals surface area (Å²) >= 11 is 9.60. The normalized spacial score (nSPS) is 17.8. The Hall–Kier alpha value is -2.09. The van der Waals surface area contributed by atoms with Gasteiger partial charge in [0.25, 0.3) is 0 Å². The van der Waals surface area contributed by atoms with Crippen molar-refractivity contribution < 1.29 is 4.74 Å². The Balaban J connectivity index is 1.31. The van der Waals surface area contributed by atoms with Crippen molar-refractivity contribution in [1.29, 1.82) is 0 Å². The van der Waals surface area contributed by atoms with E-state index in [4.69, 9.17) is 16.3 Å². The van der Waals surface area contributed by atoms with E-state index in [1.165, 1.54) is 10.6 Å². The molecule has 0 aliphatic carbocycles. The third-order valence-electron chi connectivity index (χ3n) is 4.19. The quantitative estimate of drug-likeness (QED) is 0.626. The first-order valence-electron chi connectivity index (χ1n) is 7.99. The molecule has 0 N–H and O–H groups in total. The minimum absolute atomic E-state index is 0.173. The van der Waals surface area contributed by atoms with E-state index in [-0.39, 0.29) is 5.37 Å². The van der Waals surface area contributed by atoms with Crippen molar-refractivity contribution >= 4 is 35.1 Å². The Morgan fingerprint density at radius 1 is 1.12 bits per heavy atom. The molecule has 1 unspecified atom stereocenters. The molecule has 0 spiro atoms. The van der Waals surface area contributed by atoms with Crippen LogP contribution in [0.25, 0.3) is 0 Å². The van der Waals surface area contributed by atoms with Gasteiger partial charge in [0.1, 0.15) is 29.1 Å². The van der Waals surface area contributed by atoms with Crippen LogP contribution in [-0.4, -0.2) is 14.9 Å². The van der Waals surface area contributed by atoms with Crippen molar-refractivity contribution in [3.63, 3.8) is 0 Å². The lowest BCUT2D eigenvalue weighted by Crippen LogP contribution is -2.28. The molecule has 5 rings (SSSR count). The maximum atomic E-state index is 6.18. The van der Waals surface area contributed by atoms with Crippen LogP contribution >= 0.6 is 35.1 Å². The van der Waals surface area contributed by atoms with Gasteiger partial charge in [0.15, 0.2) is 0 Å². The summed E-state index contributed by atoms with van der Waals surface area (Å²) in [6.45, 7) is 0.454. The summed E-state index contributed by atoms with van der Waals surface area (Å²) in [5.74, 6) is 0.825.